The van der Waals surface area contributed by atoms with E-state index in [2.05, 4.69) is 5.10 Å². The van der Waals surface area contributed by atoms with Crippen molar-refractivity contribution in [2.45, 2.75) is 19.0 Å². The number of para-hydroxylation sites is 1. The summed E-state index contributed by atoms with van der Waals surface area (Å²) in [6, 6.07) is 12.7. The molecule has 0 aliphatic carbocycles. The second-order valence-corrected chi connectivity index (χ2v) is 6.77. The largest absolute Gasteiger partial charge is 0.416 e. The highest BCUT2D eigenvalue weighted by Gasteiger charge is 2.33. The Morgan fingerprint density at radius 3 is 2.39 bits per heavy atom. The first kappa shape index (κ1) is 21.6. The zero-order valence-electron chi connectivity index (χ0n) is 16.1. The van der Waals surface area contributed by atoms with Crippen molar-refractivity contribution in [2.75, 3.05) is 5.73 Å². The normalized spacial score (nSPS) is 12.2. The topological polar surface area (TPSA) is 128 Å². The Labute approximate surface area is 174 Å². The molecule has 0 aliphatic heterocycles. The molecular formula is C21H16F3N5O2. The molecule has 1 amide bonds. The first-order valence-electron chi connectivity index (χ1n) is 8.94. The van der Waals surface area contributed by atoms with Gasteiger partial charge in [-0.3, -0.25) is 9.59 Å². The van der Waals surface area contributed by atoms with Crippen molar-refractivity contribution < 1.29 is 18.0 Å². The average molecular weight is 427 g/mol. The van der Waals surface area contributed by atoms with E-state index in [4.69, 9.17) is 11.5 Å². The summed E-state index contributed by atoms with van der Waals surface area (Å²) in [5.74, 6) is -2.05. The summed E-state index contributed by atoms with van der Waals surface area (Å²) in [7, 11) is 0. The number of hydrogen-bond donors (Lipinski definition) is 2. The number of primary amides is 1. The van der Waals surface area contributed by atoms with E-state index in [9.17, 15) is 28.0 Å². The Morgan fingerprint density at radius 1 is 1.19 bits per heavy atom. The number of alkyl halides is 3. The molecule has 31 heavy (non-hydrogen) atoms. The maximum absolute atomic E-state index is 13.2. The molecule has 4 N–H and O–H groups in total. The van der Waals surface area contributed by atoms with Gasteiger partial charge in [0.1, 0.15) is 11.6 Å². The van der Waals surface area contributed by atoms with Crippen molar-refractivity contribution in [3.63, 3.8) is 0 Å². The van der Waals surface area contributed by atoms with Gasteiger partial charge in [-0.1, -0.05) is 25.1 Å². The maximum atomic E-state index is 13.2. The zero-order chi connectivity index (χ0) is 22.9. The van der Waals surface area contributed by atoms with Crippen molar-refractivity contribution in [3.05, 3.63) is 86.8 Å². The second kappa shape index (κ2) is 7.95. The average Bonchev–Trinajstić information content (AvgIpc) is 2.72. The van der Waals surface area contributed by atoms with E-state index in [0.717, 1.165) is 16.8 Å². The smallest absolute Gasteiger partial charge is 0.399 e. The summed E-state index contributed by atoms with van der Waals surface area (Å²) in [5.41, 5.74) is 8.41. The van der Waals surface area contributed by atoms with Crippen LogP contribution >= 0.6 is 0 Å². The molecule has 1 atom stereocenters. The van der Waals surface area contributed by atoms with Crippen LogP contribution in [0.3, 0.4) is 0 Å². The van der Waals surface area contributed by atoms with Gasteiger partial charge in [-0.15, -0.1) is 0 Å². The van der Waals surface area contributed by atoms with E-state index in [-0.39, 0.29) is 22.5 Å². The summed E-state index contributed by atoms with van der Waals surface area (Å²) in [4.78, 5) is 25.1. The predicted octanol–water partition coefficient (Wildman–Crippen LogP) is 2.96. The summed E-state index contributed by atoms with van der Waals surface area (Å²) in [6.45, 7) is 1.44. The lowest BCUT2D eigenvalue weighted by molar-refractivity contribution is -0.137. The van der Waals surface area contributed by atoms with Crippen molar-refractivity contribution in [1.29, 1.82) is 5.26 Å². The number of halogens is 3. The molecule has 7 nitrogen and oxygen atoms in total. The molecule has 3 rings (SSSR count). The predicted molar refractivity (Wildman–Crippen MR) is 106 cm³/mol. The number of rotatable bonds is 4. The molecule has 3 aromatic rings. The Kier molecular flexibility index (Phi) is 5.53. The lowest BCUT2D eigenvalue weighted by atomic mass is 9.88. The van der Waals surface area contributed by atoms with Gasteiger partial charge in [-0.05, 0) is 35.9 Å². The van der Waals surface area contributed by atoms with Crippen LogP contribution in [-0.2, 0) is 6.18 Å². The van der Waals surface area contributed by atoms with Crippen LogP contribution in [-0.4, -0.2) is 15.7 Å². The van der Waals surface area contributed by atoms with E-state index in [1.165, 1.54) is 25.1 Å². The number of nitrogens with two attached hydrogens (primary N) is 2. The first-order valence-corrected chi connectivity index (χ1v) is 8.94. The monoisotopic (exact) mass is 427 g/mol. The van der Waals surface area contributed by atoms with Gasteiger partial charge in [0.05, 0.1) is 11.3 Å². The number of aromatic nitrogens is 2. The molecule has 1 unspecified atom stereocenters. The number of nitrogens with zero attached hydrogens (tertiary/aromatic N) is 3. The minimum absolute atomic E-state index is 0.0463. The van der Waals surface area contributed by atoms with Crippen LogP contribution in [0.4, 0.5) is 18.9 Å². The third kappa shape index (κ3) is 4.11. The zero-order valence-corrected chi connectivity index (χ0v) is 16.1. The number of benzene rings is 2. The molecule has 1 aromatic heterocycles. The highest BCUT2D eigenvalue weighted by Crippen LogP contribution is 2.35. The minimum atomic E-state index is -4.66. The van der Waals surface area contributed by atoms with E-state index in [1.54, 1.807) is 24.3 Å². The van der Waals surface area contributed by atoms with Crippen LogP contribution in [0.2, 0.25) is 0 Å². The fourth-order valence-electron chi connectivity index (χ4n) is 3.25. The Bertz CT molecular complexity index is 1260. The van der Waals surface area contributed by atoms with E-state index < -0.39 is 40.4 Å². The number of hydrogen-bond acceptors (Lipinski definition) is 5. The molecular weight excluding hydrogens is 411 g/mol. The molecule has 0 aliphatic rings. The molecule has 10 heteroatoms. The SMILES string of the molecule is CC(c1cc(N)cc(C(F)(F)F)c1)c1c(C(N)=O)nn(-c2ccccc2)c(=O)c1C#N. The van der Waals surface area contributed by atoms with Crippen LogP contribution in [0.25, 0.3) is 5.69 Å². The molecule has 0 saturated carbocycles. The number of carbonyl (C=O) groups excluding carboxylic acids is 1. The molecule has 1 heterocycles. The summed E-state index contributed by atoms with van der Waals surface area (Å²) in [5, 5.41) is 13.7. The van der Waals surface area contributed by atoms with Gasteiger partial charge in [0.25, 0.3) is 11.5 Å². The van der Waals surface area contributed by atoms with Gasteiger partial charge in [-0.25, -0.2) is 0 Å². The third-order valence-corrected chi connectivity index (χ3v) is 4.71. The minimum Gasteiger partial charge on any atom is -0.399 e. The molecule has 2 aromatic carbocycles. The number of nitriles is 1. The molecule has 0 saturated heterocycles. The maximum Gasteiger partial charge on any atom is 0.416 e. The van der Waals surface area contributed by atoms with Crippen molar-refractivity contribution in [3.8, 4) is 11.8 Å². The highest BCUT2D eigenvalue weighted by atomic mass is 19.4. The number of anilines is 1. The summed E-state index contributed by atoms with van der Waals surface area (Å²) in [6.07, 6.45) is -4.66. The van der Waals surface area contributed by atoms with Gasteiger partial charge in [0.2, 0.25) is 0 Å². The van der Waals surface area contributed by atoms with Crippen molar-refractivity contribution in [1.82, 2.24) is 9.78 Å². The van der Waals surface area contributed by atoms with Crippen molar-refractivity contribution >= 4 is 11.6 Å². The van der Waals surface area contributed by atoms with Gasteiger partial charge in [0, 0.05) is 17.2 Å². The summed E-state index contributed by atoms with van der Waals surface area (Å²) < 4.78 is 40.5. The molecule has 0 radical (unpaired) electrons. The van der Waals surface area contributed by atoms with Crippen molar-refractivity contribution in [2.24, 2.45) is 5.73 Å². The molecule has 0 spiro atoms. The standard InChI is InChI=1S/C21H16F3N5O2/c1-11(12-7-13(21(22,23)24)9-14(26)8-12)17-16(10-25)20(31)29(28-18(17)19(27)30)15-5-3-2-4-6-15/h2-9,11H,26H2,1H3,(H2,27,30). The Morgan fingerprint density at radius 2 is 1.84 bits per heavy atom. The van der Waals surface area contributed by atoms with Crippen LogP contribution in [0.15, 0.2) is 53.3 Å². The first-order chi connectivity index (χ1) is 14.5. The van der Waals surface area contributed by atoms with Gasteiger partial charge >= 0.3 is 6.18 Å². The number of amides is 1. The van der Waals surface area contributed by atoms with Crippen LogP contribution < -0.4 is 17.0 Å². The molecule has 158 valence electrons. The lowest BCUT2D eigenvalue weighted by Crippen LogP contribution is -2.31. The fourth-order valence-corrected chi connectivity index (χ4v) is 3.25. The number of nitrogen functional groups attached to an aromatic ring is 1. The quantitative estimate of drug-likeness (QED) is 0.619. The van der Waals surface area contributed by atoms with Crippen LogP contribution in [0.5, 0.6) is 0 Å². The van der Waals surface area contributed by atoms with Gasteiger partial charge in [0.15, 0.2) is 5.69 Å². The molecule has 0 bridgehead atoms. The van der Waals surface area contributed by atoms with E-state index in [1.807, 2.05) is 0 Å². The van der Waals surface area contributed by atoms with Gasteiger partial charge < -0.3 is 11.5 Å². The Balaban J connectivity index is 2.30. The fraction of sp³-hybridized carbons (Fsp3) is 0.143. The van der Waals surface area contributed by atoms with E-state index in [0.29, 0.717) is 0 Å². The third-order valence-electron chi connectivity index (χ3n) is 4.71. The molecule has 0 fully saturated rings. The lowest BCUT2D eigenvalue weighted by Gasteiger charge is -2.19. The van der Waals surface area contributed by atoms with E-state index >= 15 is 0 Å². The number of carbonyl (C=O) groups is 1. The Hall–Kier alpha value is -4.13. The highest BCUT2D eigenvalue weighted by molar-refractivity contribution is 5.93. The second-order valence-electron chi connectivity index (χ2n) is 6.77. The van der Waals surface area contributed by atoms with Crippen LogP contribution in [0, 0.1) is 11.3 Å². The summed E-state index contributed by atoms with van der Waals surface area (Å²) >= 11 is 0. The van der Waals surface area contributed by atoms with Gasteiger partial charge in [-0.2, -0.15) is 28.2 Å². The van der Waals surface area contributed by atoms with Crippen LogP contribution in [0.1, 0.15) is 45.6 Å².